The van der Waals surface area contributed by atoms with Crippen molar-refractivity contribution in [2.75, 3.05) is 12.4 Å². The number of esters is 1. The molecular formula is C17H34O2S. The van der Waals surface area contributed by atoms with Gasteiger partial charge in [-0.25, -0.2) is 0 Å². The summed E-state index contributed by atoms with van der Waals surface area (Å²) in [6, 6.07) is 0. The topological polar surface area (TPSA) is 26.3 Å². The second-order valence-electron chi connectivity index (χ2n) is 5.45. The Balaban J connectivity index is 3.18. The van der Waals surface area contributed by atoms with Crippen LogP contribution in [0.1, 0.15) is 85.0 Å². The second-order valence-corrected chi connectivity index (χ2v) is 6.90. The first-order chi connectivity index (χ1) is 9.72. The van der Waals surface area contributed by atoms with Gasteiger partial charge in [-0.3, -0.25) is 4.79 Å². The molecule has 0 saturated carbocycles. The highest BCUT2D eigenvalue weighted by Gasteiger charge is 2.13. The quantitative estimate of drug-likeness (QED) is 0.309. The predicted molar refractivity (Wildman–Crippen MR) is 90.4 cm³/mol. The van der Waals surface area contributed by atoms with E-state index in [4.69, 9.17) is 4.74 Å². The van der Waals surface area contributed by atoms with Crippen LogP contribution in [0.4, 0.5) is 0 Å². The molecule has 1 unspecified atom stereocenters. The third kappa shape index (κ3) is 12.8. The molecule has 0 aromatic carbocycles. The molecule has 0 bridgehead atoms. The lowest BCUT2D eigenvalue weighted by atomic mass is 10.1. The molecular weight excluding hydrogens is 268 g/mol. The van der Waals surface area contributed by atoms with Crippen LogP contribution in [0, 0.1) is 0 Å². The maximum absolute atomic E-state index is 11.4. The van der Waals surface area contributed by atoms with E-state index in [1.54, 1.807) is 11.8 Å². The van der Waals surface area contributed by atoms with Crippen molar-refractivity contribution in [1.82, 2.24) is 0 Å². The number of carbonyl (C=O) groups is 1. The average molecular weight is 303 g/mol. The summed E-state index contributed by atoms with van der Waals surface area (Å²) in [5.74, 6) is 1.01. The number of carbonyl (C=O) groups excluding carboxylic acids is 1. The monoisotopic (exact) mass is 302 g/mol. The summed E-state index contributed by atoms with van der Waals surface area (Å²) in [6.45, 7) is 6.55. The van der Waals surface area contributed by atoms with Gasteiger partial charge in [0, 0.05) is 0 Å². The highest BCUT2D eigenvalue weighted by molar-refractivity contribution is 8.00. The second kappa shape index (κ2) is 15.2. The molecule has 0 fully saturated rings. The molecule has 120 valence electrons. The molecule has 0 spiro atoms. The van der Waals surface area contributed by atoms with Crippen LogP contribution in [0.3, 0.4) is 0 Å². The molecule has 0 aliphatic heterocycles. The smallest absolute Gasteiger partial charge is 0.318 e. The highest BCUT2D eigenvalue weighted by atomic mass is 32.2. The van der Waals surface area contributed by atoms with Crippen LogP contribution in [0.15, 0.2) is 0 Å². The summed E-state index contributed by atoms with van der Waals surface area (Å²) >= 11 is 1.73. The zero-order valence-corrected chi connectivity index (χ0v) is 14.6. The van der Waals surface area contributed by atoms with Crippen molar-refractivity contribution in [3.8, 4) is 0 Å². The first-order valence-corrected chi connectivity index (χ1v) is 9.55. The Morgan fingerprint density at radius 1 is 0.900 bits per heavy atom. The van der Waals surface area contributed by atoms with Crippen molar-refractivity contribution < 1.29 is 9.53 Å². The van der Waals surface area contributed by atoms with Gasteiger partial charge in [0.2, 0.25) is 0 Å². The van der Waals surface area contributed by atoms with Gasteiger partial charge >= 0.3 is 5.97 Å². The van der Waals surface area contributed by atoms with Crippen LogP contribution in [0.25, 0.3) is 0 Å². The van der Waals surface area contributed by atoms with E-state index in [0.717, 1.165) is 5.75 Å². The van der Waals surface area contributed by atoms with E-state index in [1.807, 2.05) is 13.8 Å². The van der Waals surface area contributed by atoms with Crippen LogP contribution in [0.5, 0.6) is 0 Å². The Morgan fingerprint density at radius 2 is 1.40 bits per heavy atom. The van der Waals surface area contributed by atoms with E-state index >= 15 is 0 Å². The molecule has 0 heterocycles. The summed E-state index contributed by atoms with van der Waals surface area (Å²) < 4.78 is 4.99. The van der Waals surface area contributed by atoms with Crippen LogP contribution >= 0.6 is 11.8 Å². The minimum Gasteiger partial charge on any atom is -0.465 e. The van der Waals surface area contributed by atoms with Crippen molar-refractivity contribution in [1.29, 1.82) is 0 Å². The predicted octanol–water partition coefficient (Wildman–Crippen LogP) is 5.59. The zero-order valence-electron chi connectivity index (χ0n) is 13.8. The minimum atomic E-state index is -0.0652. The Kier molecular flexibility index (Phi) is 15.1. The van der Waals surface area contributed by atoms with E-state index in [2.05, 4.69) is 6.92 Å². The van der Waals surface area contributed by atoms with Gasteiger partial charge in [0.25, 0.3) is 0 Å². The SMILES string of the molecule is CCCCCCCCCCCCSC(C)C(=O)OCC. The Labute approximate surface area is 130 Å². The Bertz CT molecular complexity index is 219. The molecule has 1 atom stereocenters. The van der Waals surface area contributed by atoms with Crippen LogP contribution < -0.4 is 0 Å². The fraction of sp³-hybridized carbons (Fsp3) is 0.941. The summed E-state index contributed by atoms with van der Waals surface area (Å²) in [7, 11) is 0. The maximum Gasteiger partial charge on any atom is 0.318 e. The van der Waals surface area contributed by atoms with Crippen LogP contribution in [-0.2, 0) is 9.53 Å². The van der Waals surface area contributed by atoms with Gasteiger partial charge in [0.05, 0.1) is 11.9 Å². The molecule has 0 aliphatic rings. The molecule has 0 rings (SSSR count). The molecule has 2 nitrogen and oxygen atoms in total. The molecule has 0 aliphatic carbocycles. The zero-order chi connectivity index (χ0) is 15.1. The van der Waals surface area contributed by atoms with Crippen molar-refractivity contribution >= 4 is 17.7 Å². The minimum absolute atomic E-state index is 0.00600. The molecule has 0 aromatic heterocycles. The fourth-order valence-corrected chi connectivity index (χ4v) is 3.11. The van der Waals surface area contributed by atoms with Gasteiger partial charge in [-0.05, 0) is 26.0 Å². The van der Waals surface area contributed by atoms with E-state index < -0.39 is 0 Å². The highest BCUT2D eigenvalue weighted by Crippen LogP contribution is 2.16. The lowest BCUT2D eigenvalue weighted by Gasteiger charge is -2.09. The lowest BCUT2D eigenvalue weighted by molar-refractivity contribution is -0.142. The molecule has 0 saturated heterocycles. The van der Waals surface area contributed by atoms with Gasteiger partial charge in [-0.2, -0.15) is 0 Å². The number of hydrogen-bond acceptors (Lipinski definition) is 3. The van der Waals surface area contributed by atoms with Gasteiger partial charge in [0.1, 0.15) is 0 Å². The number of rotatable bonds is 14. The van der Waals surface area contributed by atoms with Gasteiger partial charge in [-0.15, -0.1) is 11.8 Å². The molecule has 20 heavy (non-hydrogen) atoms. The lowest BCUT2D eigenvalue weighted by Crippen LogP contribution is -2.17. The molecule has 0 amide bonds. The van der Waals surface area contributed by atoms with Gasteiger partial charge in [-0.1, -0.05) is 64.7 Å². The average Bonchev–Trinajstić information content (AvgIpc) is 2.44. The number of ether oxygens (including phenoxy) is 1. The summed E-state index contributed by atoms with van der Waals surface area (Å²) in [5.41, 5.74) is 0. The standard InChI is InChI=1S/C17H34O2S/c1-4-6-7-8-9-10-11-12-13-14-15-20-16(3)17(18)19-5-2/h16H,4-15H2,1-3H3. The van der Waals surface area contributed by atoms with E-state index in [-0.39, 0.29) is 11.2 Å². The third-order valence-electron chi connectivity index (χ3n) is 3.48. The van der Waals surface area contributed by atoms with Gasteiger partial charge in [0.15, 0.2) is 0 Å². The summed E-state index contributed by atoms with van der Waals surface area (Å²) in [4.78, 5) is 11.4. The maximum atomic E-state index is 11.4. The summed E-state index contributed by atoms with van der Waals surface area (Å²) in [6.07, 6.45) is 13.6. The molecule has 0 N–H and O–H groups in total. The molecule has 0 radical (unpaired) electrons. The van der Waals surface area contributed by atoms with Crippen molar-refractivity contribution in [2.45, 2.75) is 90.2 Å². The van der Waals surface area contributed by atoms with Crippen molar-refractivity contribution in [2.24, 2.45) is 0 Å². The van der Waals surface area contributed by atoms with Crippen LogP contribution in [-0.4, -0.2) is 23.6 Å². The van der Waals surface area contributed by atoms with Gasteiger partial charge < -0.3 is 4.74 Å². The number of unbranched alkanes of at least 4 members (excludes halogenated alkanes) is 9. The van der Waals surface area contributed by atoms with E-state index in [0.29, 0.717) is 6.61 Å². The fourth-order valence-electron chi connectivity index (χ4n) is 2.18. The largest absolute Gasteiger partial charge is 0.465 e. The van der Waals surface area contributed by atoms with Crippen LogP contribution in [0.2, 0.25) is 0 Å². The van der Waals surface area contributed by atoms with Crippen molar-refractivity contribution in [3.05, 3.63) is 0 Å². The Hall–Kier alpha value is -0.180. The first-order valence-electron chi connectivity index (χ1n) is 8.50. The molecule has 3 heteroatoms. The number of hydrogen-bond donors (Lipinski definition) is 0. The van der Waals surface area contributed by atoms with E-state index in [9.17, 15) is 4.79 Å². The Morgan fingerprint density at radius 3 is 1.90 bits per heavy atom. The van der Waals surface area contributed by atoms with E-state index in [1.165, 1.54) is 64.2 Å². The molecule has 0 aromatic rings. The summed E-state index contributed by atoms with van der Waals surface area (Å²) in [5, 5.41) is -0.00600. The first kappa shape index (κ1) is 19.8. The number of thioether (sulfide) groups is 1. The third-order valence-corrected chi connectivity index (χ3v) is 4.70. The van der Waals surface area contributed by atoms with Crippen molar-refractivity contribution in [3.63, 3.8) is 0 Å². The normalized spacial score (nSPS) is 12.3.